The van der Waals surface area contributed by atoms with Crippen molar-refractivity contribution in [1.29, 1.82) is 0 Å². The number of pyridine rings is 1. The lowest BCUT2D eigenvalue weighted by molar-refractivity contribution is 0.867. The summed E-state index contributed by atoms with van der Waals surface area (Å²) in [7, 11) is 0. The number of nitrogens with one attached hydrogen (secondary N) is 2. The first kappa shape index (κ1) is 8.96. The maximum atomic E-state index is 5.39. The summed E-state index contributed by atoms with van der Waals surface area (Å²) in [6.45, 7) is 1.53. The molecular weight excluding hydrogens is 178 g/mol. The SMILES string of the molecule is NCCCNc1nc2ccncc2[nH]1. The molecule has 0 fully saturated rings. The van der Waals surface area contributed by atoms with Gasteiger partial charge in [0.2, 0.25) is 5.95 Å². The van der Waals surface area contributed by atoms with E-state index in [9.17, 15) is 0 Å². The number of aromatic amines is 1. The molecule has 0 aliphatic heterocycles. The first-order valence-electron chi connectivity index (χ1n) is 4.64. The third kappa shape index (κ3) is 1.82. The minimum atomic E-state index is 0.689. The van der Waals surface area contributed by atoms with Gasteiger partial charge in [-0.1, -0.05) is 0 Å². The van der Waals surface area contributed by atoms with E-state index in [0.717, 1.165) is 29.9 Å². The lowest BCUT2D eigenvalue weighted by atomic mass is 10.4. The smallest absolute Gasteiger partial charge is 0.201 e. The zero-order valence-corrected chi connectivity index (χ0v) is 7.83. The molecule has 0 aliphatic rings. The predicted octanol–water partition coefficient (Wildman–Crippen LogP) is 0.719. The summed E-state index contributed by atoms with van der Waals surface area (Å²) in [5.41, 5.74) is 7.26. The van der Waals surface area contributed by atoms with E-state index in [4.69, 9.17) is 5.73 Å². The maximum Gasteiger partial charge on any atom is 0.201 e. The van der Waals surface area contributed by atoms with Gasteiger partial charge in [-0.3, -0.25) is 4.98 Å². The largest absolute Gasteiger partial charge is 0.356 e. The highest BCUT2D eigenvalue weighted by Crippen LogP contribution is 2.11. The lowest BCUT2D eigenvalue weighted by Gasteiger charge is -1.98. The number of rotatable bonds is 4. The normalized spacial score (nSPS) is 10.6. The van der Waals surface area contributed by atoms with Crippen LogP contribution in [0.15, 0.2) is 18.5 Å². The van der Waals surface area contributed by atoms with E-state index in [0.29, 0.717) is 6.54 Å². The Bertz CT molecular complexity index is 375. The number of nitrogens with zero attached hydrogens (tertiary/aromatic N) is 2. The number of aromatic nitrogens is 3. The van der Waals surface area contributed by atoms with Crippen molar-refractivity contribution < 1.29 is 0 Å². The van der Waals surface area contributed by atoms with Crippen molar-refractivity contribution in [2.75, 3.05) is 18.4 Å². The summed E-state index contributed by atoms with van der Waals surface area (Å²) in [6, 6.07) is 1.87. The van der Waals surface area contributed by atoms with E-state index >= 15 is 0 Å². The Morgan fingerprint density at radius 1 is 1.50 bits per heavy atom. The van der Waals surface area contributed by atoms with Crippen LogP contribution in [0.4, 0.5) is 5.95 Å². The Morgan fingerprint density at radius 2 is 2.43 bits per heavy atom. The molecule has 0 bridgehead atoms. The fourth-order valence-corrected chi connectivity index (χ4v) is 1.25. The number of fused-ring (bicyclic) bond motifs is 1. The molecule has 0 spiro atoms. The molecule has 5 nitrogen and oxygen atoms in total. The molecule has 0 saturated heterocycles. The van der Waals surface area contributed by atoms with Crippen LogP contribution in [0.25, 0.3) is 11.0 Å². The van der Waals surface area contributed by atoms with Crippen LogP contribution in [0.2, 0.25) is 0 Å². The minimum absolute atomic E-state index is 0.689. The molecule has 0 saturated carbocycles. The summed E-state index contributed by atoms with van der Waals surface area (Å²) < 4.78 is 0. The van der Waals surface area contributed by atoms with Crippen LogP contribution in [0.5, 0.6) is 0 Å². The van der Waals surface area contributed by atoms with Crippen molar-refractivity contribution in [2.45, 2.75) is 6.42 Å². The molecule has 2 heterocycles. The molecule has 2 aromatic heterocycles. The van der Waals surface area contributed by atoms with Gasteiger partial charge in [0.25, 0.3) is 0 Å². The van der Waals surface area contributed by atoms with Gasteiger partial charge in [-0.25, -0.2) is 4.98 Å². The highest BCUT2D eigenvalue weighted by atomic mass is 15.1. The molecule has 0 unspecified atom stereocenters. The monoisotopic (exact) mass is 191 g/mol. The topological polar surface area (TPSA) is 79.6 Å². The Kier molecular flexibility index (Phi) is 2.60. The second-order valence-corrected chi connectivity index (χ2v) is 3.05. The van der Waals surface area contributed by atoms with Crippen molar-refractivity contribution in [3.05, 3.63) is 18.5 Å². The molecule has 0 aromatic carbocycles. The Hall–Kier alpha value is -1.62. The van der Waals surface area contributed by atoms with Crippen molar-refractivity contribution in [3.8, 4) is 0 Å². The van der Waals surface area contributed by atoms with Crippen LogP contribution >= 0.6 is 0 Å². The molecule has 14 heavy (non-hydrogen) atoms. The number of H-pyrrole nitrogens is 1. The predicted molar refractivity (Wildman–Crippen MR) is 56.0 cm³/mol. The van der Waals surface area contributed by atoms with Crippen LogP contribution in [0, 0.1) is 0 Å². The van der Waals surface area contributed by atoms with E-state index in [1.807, 2.05) is 6.07 Å². The summed E-state index contributed by atoms with van der Waals surface area (Å²) in [5.74, 6) is 0.779. The molecule has 0 radical (unpaired) electrons. The number of anilines is 1. The quantitative estimate of drug-likeness (QED) is 0.622. The minimum Gasteiger partial charge on any atom is -0.356 e. The second kappa shape index (κ2) is 4.06. The third-order valence-corrected chi connectivity index (χ3v) is 1.96. The van der Waals surface area contributed by atoms with E-state index in [1.54, 1.807) is 12.4 Å². The van der Waals surface area contributed by atoms with Crippen molar-refractivity contribution in [1.82, 2.24) is 15.0 Å². The number of hydrogen-bond acceptors (Lipinski definition) is 4. The van der Waals surface area contributed by atoms with E-state index in [2.05, 4.69) is 20.3 Å². The molecule has 2 aromatic rings. The van der Waals surface area contributed by atoms with Gasteiger partial charge in [0, 0.05) is 12.7 Å². The van der Waals surface area contributed by atoms with Crippen LogP contribution in [-0.2, 0) is 0 Å². The van der Waals surface area contributed by atoms with Gasteiger partial charge in [0.1, 0.15) is 0 Å². The molecule has 0 aliphatic carbocycles. The van der Waals surface area contributed by atoms with Gasteiger partial charge in [-0.05, 0) is 19.0 Å². The Labute approximate surface area is 81.7 Å². The molecular formula is C9H13N5. The van der Waals surface area contributed by atoms with Gasteiger partial charge in [-0.2, -0.15) is 0 Å². The zero-order valence-electron chi connectivity index (χ0n) is 7.83. The van der Waals surface area contributed by atoms with Crippen LogP contribution in [-0.4, -0.2) is 28.0 Å². The highest BCUT2D eigenvalue weighted by Gasteiger charge is 1.99. The summed E-state index contributed by atoms with van der Waals surface area (Å²) in [4.78, 5) is 11.5. The van der Waals surface area contributed by atoms with E-state index in [-0.39, 0.29) is 0 Å². The van der Waals surface area contributed by atoms with Gasteiger partial charge >= 0.3 is 0 Å². The fraction of sp³-hybridized carbons (Fsp3) is 0.333. The summed E-state index contributed by atoms with van der Waals surface area (Å²) in [6.07, 6.45) is 4.43. The number of nitrogens with two attached hydrogens (primary N) is 1. The standard InChI is InChI=1S/C9H13N5/c10-3-1-4-12-9-13-7-2-5-11-6-8(7)14-9/h2,5-6H,1,3-4,10H2,(H2,12,13,14). The van der Waals surface area contributed by atoms with Gasteiger partial charge in [0.15, 0.2) is 0 Å². The summed E-state index contributed by atoms with van der Waals surface area (Å²) >= 11 is 0. The van der Waals surface area contributed by atoms with Gasteiger partial charge in [-0.15, -0.1) is 0 Å². The maximum absolute atomic E-state index is 5.39. The van der Waals surface area contributed by atoms with Gasteiger partial charge in [0.05, 0.1) is 17.2 Å². The molecule has 74 valence electrons. The molecule has 0 amide bonds. The molecule has 0 atom stereocenters. The van der Waals surface area contributed by atoms with Crippen molar-refractivity contribution in [2.24, 2.45) is 5.73 Å². The number of hydrogen-bond donors (Lipinski definition) is 3. The molecule has 4 N–H and O–H groups in total. The third-order valence-electron chi connectivity index (χ3n) is 1.96. The average Bonchev–Trinajstić information content (AvgIpc) is 2.60. The van der Waals surface area contributed by atoms with Gasteiger partial charge < -0.3 is 16.0 Å². The average molecular weight is 191 g/mol. The van der Waals surface area contributed by atoms with Crippen LogP contribution in [0.3, 0.4) is 0 Å². The molecule has 5 heteroatoms. The second-order valence-electron chi connectivity index (χ2n) is 3.05. The fourth-order valence-electron chi connectivity index (χ4n) is 1.25. The van der Waals surface area contributed by atoms with Crippen molar-refractivity contribution >= 4 is 17.0 Å². The Balaban J connectivity index is 2.11. The first-order valence-corrected chi connectivity index (χ1v) is 4.64. The Morgan fingerprint density at radius 3 is 3.21 bits per heavy atom. The lowest BCUT2D eigenvalue weighted by Crippen LogP contribution is -2.09. The van der Waals surface area contributed by atoms with E-state index in [1.165, 1.54) is 0 Å². The highest BCUT2D eigenvalue weighted by molar-refractivity contribution is 5.75. The first-order chi connectivity index (χ1) is 6.90. The van der Waals surface area contributed by atoms with Crippen LogP contribution < -0.4 is 11.1 Å². The van der Waals surface area contributed by atoms with Crippen LogP contribution in [0.1, 0.15) is 6.42 Å². The zero-order chi connectivity index (χ0) is 9.80. The van der Waals surface area contributed by atoms with E-state index < -0.39 is 0 Å². The van der Waals surface area contributed by atoms with Crippen molar-refractivity contribution in [3.63, 3.8) is 0 Å². The summed E-state index contributed by atoms with van der Waals surface area (Å²) in [5, 5.41) is 3.16. The molecule has 2 rings (SSSR count). The number of imidazole rings is 1.